The smallest absolute Gasteiger partial charge is 0.147 e. The zero-order valence-electron chi connectivity index (χ0n) is 10.1. The first kappa shape index (κ1) is 13.3. The Morgan fingerprint density at radius 1 is 1.28 bits per heavy atom. The molecule has 0 spiro atoms. The van der Waals surface area contributed by atoms with Gasteiger partial charge in [0.1, 0.15) is 10.4 Å². The Balaban J connectivity index is 2.23. The van der Waals surface area contributed by atoms with Crippen LogP contribution in [0.2, 0.25) is 5.02 Å². The lowest BCUT2D eigenvalue weighted by atomic mass is 10.1. The maximum absolute atomic E-state index is 6.01. The fraction of sp³-hybridized carbons (Fsp3) is 0.231. The van der Waals surface area contributed by atoms with Gasteiger partial charge in [0.05, 0.1) is 18.4 Å². The first-order chi connectivity index (χ1) is 8.58. The summed E-state index contributed by atoms with van der Waals surface area (Å²) in [5, 5.41) is 0.745. The number of nitrogens with zero attached hydrogens (tertiary/aromatic N) is 3. The molecule has 0 fully saturated rings. The van der Waals surface area contributed by atoms with Crippen LogP contribution in [0.4, 0.5) is 5.82 Å². The lowest BCUT2D eigenvalue weighted by Gasteiger charge is -2.26. The van der Waals surface area contributed by atoms with Crippen LogP contribution in [0.15, 0.2) is 41.3 Å². The summed E-state index contributed by atoms with van der Waals surface area (Å²) >= 11 is 9.28. The van der Waals surface area contributed by atoms with Gasteiger partial charge in [0, 0.05) is 12.1 Å². The summed E-state index contributed by atoms with van der Waals surface area (Å²) in [6.07, 6.45) is 3.43. The zero-order chi connectivity index (χ0) is 13.1. The molecular formula is C13H13BrClN3. The summed E-state index contributed by atoms with van der Waals surface area (Å²) in [4.78, 5) is 10.6. The third-order valence-electron chi connectivity index (χ3n) is 2.88. The molecular weight excluding hydrogens is 314 g/mol. The van der Waals surface area contributed by atoms with E-state index in [4.69, 9.17) is 11.6 Å². The van der Waals surface area contributed by atoms with Crippen LogP contribution >= 0.6 is 27.5 Å². The summed E-state index contributed by atoms with van der Waals surface area (Å²) in [6.45, 7) is 2.11. The van der Waals surface area contributed by atoms with Gasteiger partial charge in [-0.1, -0.05) is 23.7 Å². The highest BCUT2D eigenvalue weighted by molar-refractivity contribution is 9.10. The van der Waals surface area contributed by atoms with Gasteiger partial charge in [-0.25, -0.2) is 9.97 Å². The molecule has 1 heterocycles. The first-order valence-corrected chi connectivity index (χ1v) is 6.71. The molecule has 0 amide bonds. The van der Waals surface area contributed by atoms with Crippen LogP contribution in [0.25, 0.3) is 0 Å². The van der Waals surface area contributed by atoms with Gasteiger partial charge in [-0.15, -0.1) is 0 Å². The molecule has 0 aliphatic carbocycles. The van der Waals surface area contributed by atoms with Crippen molar-refractivity contribution < 1.29 is 0 Å². The molecule has 0 N–H and O–H groups in total. The molecule has 5 heteroatoms. The number of benzene rings is 1. The van der Waals surface area contributed by atoms with Crippen LogP contribution in [-0.4, -0.2) is 17.0 Å². The van der Waals surface area contributed by atoms with E-state index >= 15 is 0 Å². The van der Waals surface area contributed by atoms with Gasteiger partial charge in [0.15, 0.2) is 0 Å². The second kappa shape index (κ2) is 5.67. The number of rotatable bonds is 3. The van der Waals surface area contributed by atoms with Crippen LogP contribution in [0.1, 0.15) is 18.5 Å². The summed E-state index contributed by atoms with van der Waals surface area (Å²) < 4.78 is 0.732. The highest BCUT2D eigenvalue weighted by Gasteiger charge is 2.13. The van der Waals surface area contributed by atoms with E-state index in [1.54, 1.807) is 12.4 Å². The molecule has 0 aliphatic rings. The normalized spacial score (nSPS) is 12.2. The Bertz CT molecular complexity index is 530. The van der Waals surface area contributed by atoms with E-state index in [2.05, 4.69) is 43.8 Å². The van der Waals surface area contributed by atoms with Crippen molar-refractivity contribution in [3.8, 4) is 0 Å². The number of halogens is 2. The minimum atomic E-state index is 0.180. The predicted octanol–water partition coefficient (Wildman–Crippen LogP) is 4.09. The van der Waals surface area contributed by atoms with Gasteiger partial charge in [0.25, 0.3) is 0 Å². The Hall–Kier alpha value is -1.13. The fourth-order valence-corrected chi connectivity index (χ4v) is 2.08. The molecule has 2 aromatic rings. The average Bonchev–Trinajstić information content (AvgIpc) is 2.38. The summed E-state index contributed by atoms with van der Waals surface area (Å²) in [5.74, 6) is 0.825. The number of hydrogen-bond donors (Lipinski definition) is 0. The molecule has 3 nitrogen and oxygen atoms in total. The largest absolute Gasteiger partial charge is 0.352 e. The maximum atomic E-state index is 6.01. The summed E-state index contributed by atoms with van der Waals surface area (Å²) in [5.41, 5.74) is 1.15. The van der Waals surface area contributed by atoms with Crippen molar-refractivity contribution in [2.75, 3.05) is 11.9 Å². The summed E-state index contributed by atoms with van der Waals surface area (Å²) in [6, 6.07) is 8.03. The van der Waals surface area contributed by atoms with Crippen LogP contribution in [0, 0.1) is 0 Å². The lowest BCUT2D eigenvalue weighted by Crippen LogP contribution is -2.22. The van der Waals surface area contributed by atoms with Gasteiger partial charge >= 0.3 is 0 Å². The maximum Gasteiger partial charge on any atom is 0.147 e. The molecule has 1 atom stereocenters. The van der Waals surface area contributed by atoms with Crippen molar-refractivity contribution in [3.05, 3.63) is 51.8 Å². The third kappa shape index (κ3) is 3.00. The molecule has 18 heavy (non-hydrogen) atoms. The van der Waals surface area contributed by atoms with E-state index in [0.29, 0.717) is 0 Å². The van der Waals surface area contributed by atoms with Crippen LogP contribution in [0.5, 0.6) is 0 Å². The number of aromatic nitrogens is 2. The minimum absolute atomic E-state index is 0.180. The number of hydrogen-bond acceptors (Lipinski definition) is 3. The van der Waals surface area contributed by atoms with E-state index < -0.39 is 0 Å². The molecule has 0 saturated heterocycles. The highest BCUT2D eigenvalue weighted by Crippen LogP contribution is 2.25. The topological polar surface area (TPSA) is 29.0 Å². The van der Waals surface area contributed by atoms with Crippen LogP contribution in [-0.2, 0) is 0 Å². The van der Waals surface area contributed by atoms with Gasteiger partial charge in [-0.2, -0.15) is 0 Å². The molecule has 1 aromatic heterocycles. The zero-order valence-corrected chi connectivity index (χ0v) is 12.5. The van der Waals surface area contributed by atoms with Crippen LogP contribution in [0.3, 0.4) is 0 Å². The van der Waals surface area contributed by atoms with E-state index in [1.165, 1.54) is 0 Å². The molecule has 0 radical (unpaired) electrons. The Kier molecular flexibility index (Phi) is 4.19. The van der Waals surface area contributed by atoms with E-state index in [-0.39, 0.29) is 6.04 Å². The van der Waals surface area contributed by atoms with E-state index in [0.717, 1.165) is 21.0 Å². The first-order valence-electron chi connectivity index (χ1n) is 5.54. The van der Waals surface area contributed by atoms with Gasteiger partial charge in [-0.05, 0) is 40.5 Å². The SMILES string of the molecule is CC(c1cccc(Cl)c1)N(C)c1cnc(Br)cn1. The van der Waals surface area contributed by atoms with Gasteiger partial charge in [0.2, 0.25) is 0 Å². The molecule has 0 bridgehead atoms. The Labute approximate surface area is 120 Å². The Morgan fingerprint density at radius 3 is 2.67 bits per heavy atom. The summed E-state index contributed by atoms with van der Waals surface area (Å²) in [7, 11) is 1.99. The number of anilines is 1. The standard InChI is InChI=1S/C13H13BrClN3/c1-9(10-4-3-5-11(15)6-10)18(2)13-8-16-12(14)7-17-13/h3-9H,1-2H3. The van der Waals surface area contributed by atoms with Crippen molar-refractivity contribution in [1.82, 2.24) is 9.97 Å². The van der Waals surface area contributed by atoms with E-state index in [9.17, 15) is 0 Å². The molecule has 94 valence electrons. The van der Waals surface area contributed by atoms with Gasteiger partial charge < -0.3 is 4.90 Å². The van der Waals surface area contributed by atoms with Crippen molar-refractivity contribution in [1.29, 1.82) is 0 Å². The van der Waals surface area contributed by atoms with Crippen molar-refractivity contribution in [2.24, 2.45) is 0 Å². The van der Waals surface area contributed by atoms with Crippen molar-refractivity contribution in [2.45, 2.75) is 13.0 Å². The highest BCUT2D eigenvalue weighted by atomic mass is 79.9. The van der Waals surface area contributed by atoms with Gasteiger partial charge in [-0.3, -0.25) is 0 Å². The molecule has 1 aromatic carbocycles. The predicted molar refractivity (Wildman–Crippen MR) is 78.0 cm³/mol. The molecule has 1 unspecified atom stereocenters. The molecule has 0 aliphatic heterocycles. The van der Waals surface area contributed by atoms with Crippen molar-refractivity contribution in [3.63, 3.8) is 0 Å². The minimum Gasteiger partial charge on any atom is -0.352 e. The quantitative estimate of drug-likeness (QED) is 0.850. The monoisotopic (exact) mass is 325 g/mol. The van der Waals surface area contributed by atoms with Crippen molar-refractivity contribution >= 4 is 33.3 Å². The lowest BCUT2D eigenvalue weighted by molar-refractivity contribution is 0.726. The molecule has 0 saturated carbocycles. The average molecular weight is 327 g/mol. The Morgan fingerprint density at radius 2 is 2.06 bits per heavy atom. The second-order valence-corrected chi connectivity index (χ2v) is 5.29. The van der Waals surface area contributed by atoms with Crippen LogP contribution < -0.4 is 4.90 Å². The molecule has 2 rings (SSSR count). The van der Waals surface area contributed by atoms with E-state index in [1.807, 2.05) is 25.2 Å². The third-order valence-corrected chi connectivity index (χ3v) is 3.52. The fourth-order valence-electron chi connectivity index (χ4n) is 1.68. The second-order valence-electron chi connectivity index (χ2n) is 4.04.